The van der Waals surface area contributed by atoms with Gasteiger partial charge in [-0.3, -0.25) is 0 Å². The summed E-state index contributed by atoms with van der Waals surface area (Å²) in [7, 11) is -0.782. The second-order valence-electron chi connectivity index (χ2n) is 18.6. The van der Waals surface area contributed by atoms with E-state index in [1.165, 1.54) is 21.0 Å². The fourth-order valence-electron chi connectivity index (χ4n) is 8.23. The van der Waals surface area contributed by atoms with Crippen LogP contribution in [0.3, 0.4) is 0 Å². The second-order valence-corrected chi connectivity index (χ2v) is 34.1. The summed E-state index contributed by atoms with van der Waals surface area (Å²) in [6, 6.07) is 0. The van der Waals surface area contributed by atoms with Crippen LogP contribution in [0.2, 0.25) is 51.2 Å². The van der Waals surface area contributed by atoms with E-state index in [0.717, 1.165) is 0 Å². The summed E-state index contributed by atoms with van der Waals surface area (Å²) in [6.07, 6.45) is 0. The van der Waals surface area contributed by atoms with Crippen LogP contribution in [-0.2, 0) is 0 Å². The first-order valence-corrected chi connectivity index (χ1v) is 24.8. The van der Waals surface area contributed by atoms with E-state index in [4.69, 9.17) is 0 Å². The summed E-state index contributed by atoms with van der Waals surface area (Å²) in [4.78, 5) is 0. The average molecular weight is 708 g/mol. The molecule has 0 amide bonds. The molecule has 0 aromatic heterocycles. The average Bonchev–Trinajstić information content (AvgIpc) is 2.60. The van der Waals surface area contributed by atoms with Gasteiger partial charge in [-0.05, 0) is 30.2 Å². The third-order valence-corrected chi connectivity index (χ3v) is 23.1. The van der Waals surface area contributed by atoms with Gasteiger partial charge in [0.2, 0.25) is 0 Å². The Balaban J connectivity index is 0. The minimum absolute atomic E-state index is 0.274. The summed E-state index contributed by atoms with van der Waals surface area (Å²) >= 11 is 0.547. The van der Waals surface area contributed by atoms with Gasteiger partial charge >= 0.3 is 102 Å². The van der Waals surface area contributed by atoms with Crippen molar-refractivity contribution in [3.8, 4) is 0 Å². The van der Waals surface area contributed by atoms with Crippen molar-refractivity contribution in [1.29, 1.82) is 0 Å². The molecule has 0 unspecified atom stereocenters. The van der Waals surface area contributed by atoms with Crippen molar-refractivity contribution >= 4 is 48.5 Å². The summed E-state index contributed by atoms with van der Waals surface area (Å²) in [5.41, 5.74) is 6.89. The van der Waals surface area contributed by atoms with Crippen molar-refractivity contribution in [3.63, 3.8) is 0 Å². The SMILES string of the molecule is C/C1=C(\C)[CH2][Ge][CH2]/C(C)=C(/C)[CH2][Ge][CH2]1.CC(C)(C)[Si](C(C)(C)C)C(C)(C)C.CC(C)(C)[Si](C(C)(C)C)C(C)(C)C. The molecule has 234 valence electrons. The van der Waals surface area contributed by atoms with E-state index in [9.17, 15) is 0 Å². The maximum atomic E-state index is 2.40. The van der Waals surface area contributed by atoms with Crippen LogP contribution in [0.5, 0.6) is 0 Å². The minimum Gasteiger partial charge on any atom is -0.0627 e. The van der Waals surface area contributed by atoms with E-state index in [-0.39, 0.29) is 30.9 Å². The molecule has 0 nitrogen and oxygen atoms in total. The largest absolute Gasteiger partial charge is 0.0652 e. The molecule has 0 atom stereocenters. The molecule has 0 aliphatic carbocycles. The van der Waals surface area contributed by atoms with Crippen molar-refractivity contribution in [2.24, 2.45) is 0 Å². The van der Waals surface area contributed by atoms with Crippen molar-refractivity contribution in [2.45, 2.75) is 204 Å². The minimum atomic E-state index is -0.391. The second kappa shape index (κ2) is 16.4. The van der Waals surface area contributed by atoms with Crippen LogP contribution >= 0.6 is 0 Å². The normalized spacial score (nSPS) is 21.0. The Morgan fingerprint density at radius 1 is 0.325 bits per heavy atom. The van der Waals surface area contributed by atoms with E-state index in [2.05, 4.69) is 152 Å². The summed E-state index contributed by atoms with van der Waals surface area (Å²) < 4.78 is 0. The molecule has 1 aliphatic heterocycles. The first-order valence-electron chi connectivity index (χ1n) is 15.8. The molecule has 0 fully saturated rings. The predicted octanol–water partition coefficient (Wildman–Crippen LogP) is 13.5. The predicted molar refractivity (Wildman–Crippen MR) is 197 cm³/mol. The van der Waals surface area contributed by atoms with Gasteiger partial charge in [0, 0.05) is 0 Å². The van der Waals surface area contributed by atoms with Gasteiger partial charge in [-0.1, -0.05) is 125 Å². The van der Waals surface area contributed by atoms with Gasteiger partial charge in [-0.2, -0.15) is 0 Å². The zero-order valence-corrected chi connectivity index (χ0v) is 38.0. The van der Waals surface area contributed by atoms with Gasteiger partial charge in [0.25, 0.3) is 0 Å². The molecule has 6 radical (unpaired) electrons. The Bertz CT molecular complexity index is 647. The standard InChI is InChI=1S/C12H20Ge2.2C12H27Si/c1-9-5-13-7-11(3)12(4)8-14-6-10(9)2;2*1-10(2,3)13(11(4,5)6)12(7,8)9/h5-8H2,1-4H3;2*1-9H3/b10-9-,12-11-;;. The maximum Gasteiger partial charge on any atom is 0.0652 e. The van der Waals surface area contributed by atoms with E-state index < -0.39 is 17.6 Å². The fraction of sp³-hybridized carbons (Fsp3) is 0.889. The van der Waals surface area contributed by atoms with Gasteiger partial charge < -0.3 is 0 Å². The van der Waals surface area contributed by atoms with E-state index in [1.54, 1.807) is 22.3 Å². The van der Waals surface area contributed by atoms with Crippen LogP contribution in [-0.4, -0.2) is 48.5 Å². The van der Waals surface area contributed by atoms with Gasteiger partial charge in [-0.15, -0.1) is 0 Å². The van der Waals surface area contributed by atoms with Crippen LogP contribution in [0.15, 0.2) is 22.3 Å². The van der Waals surface area contributed by atoms with Crippen LogP contribution in [0.1, 0.15) is 152 Å². The maximum absolute atomic E-state index is 2.40. The van der Waals surface area contributed by atoms with Crippen molar-refractivity contribution in [3.05, 3.63) is 22.3 Å². The monoisotopic (exact) mass is 710 g/mol. The van der Waals surface area contributed by atoms with E-state index in [0.29, 0.717) is 30.2 Å². The molecule has 1 aliphatic rings. The topological polar surface area (TPSA) is 0 Å². The number of allylic oxidation sites excluding steroid dienone is 4. The first-order chi connectivity index (χ1) is 17.3. The van der Waals surface area contributed by atoms with Gasteiger partial charge in [0.15, 0.2) is 0 Å². The first kappa shape index (κ1) is 43.1. The molecule has 0 aromatic rings. The molecule has 0 bridgehead atoms. The van der Waals surface area contributed by atoms with Crippen molar-refractivity contribution < 1.29 is 0 Å². The molecular weight excluding hydrogens is 634 g/mol. The molecular formula is C36H74Ge2Si2. The zero-order valence-electron chi connectivity index (χ0n) is 31.8. The smallest absolute Gasteiger partial charge is 0.0627 e. The molecule has 40 heavy (non-hydrogen) atoms. The Hall–Kier alpha value is 0.999. The van der Waals surface area contributed by atoms with E-state index in [1.807, 2.05) is 0 Å². The number of rotatable bonds is 0. The van der Waals surface area contributed by atoms with Gasteiger partial charge in [0.1, 0.15) is 0 Å². The molecule has 0 aromatic carbocycles. The Labute approximate surface area is 272 Å². The van der Waals surface area contributed by atoms with E-state index >= 15 is 0 Å². The summed E-state index contributed by atoms with van der Waals surface area (Å²) in [5, 5.41) is 8.71. The molecule has 0 saturated carbocycles. The Morgan fingerprint density at radius 3 is 0.525 bits per heavy atom. The fourth-order valence-corrected chi connectivity index (χ4v) is 27.9. The quantitative estimate of drug-likeness (QED) is 0.174. The summed E-state index contributed by atoms with van der Waals surface area (Å²) in [5.74, 6) is 0. The molecule has 0 N–H and O–H groups in total. The van der Waals surface area contributed by atoms with Crippen LogP contribution in [0, 0.1) is 0 Å². The Kier molecular flexibility index (Phi) is 17.6. The number of hydrogen-bond acceptors (Lipinski definition) is 0. The third kappa shape index (κ3) is 17.3. The molecule has 0 saturated heterocycles. The third-order valence-electron chi connectivity index (χ3n) is 7.52. The van der Waals surface area contributed by atoms with Crippen LogP contribution < -0.4 is 0 Å². The molecule has 1 rings (SSSR count). The van der Waals surface area contributed by atoms with Crippen molar-refractivity contribution in [2.75, 3.05) is 0 Å². The summed E-state index contributed by atoms with van der Waals surface area (Å²) in [6.45, 7) is 52.6. The van der Waals surface area contributed by atoms with Crippen LogP contribution in [0.4, 0.5) is 0 Å². The number of hydrogen-bond donors (Lipinski definition) is 0. The molecule has 0 spiro atoms. The van der Waals surface area contributed by atoms with Gasteiger partial charge in [-0.25, -0.2) is 0 Å². The Morgan fingerprint density at radius 2 is 0.450 bits per heavy atom. The van der Waals surface area contributed by atoms with Crippen LogP contribution in [0.25, 0.3) is 0 Å². The molecule has 1 heterocycles. The van der Waals surface area contributed by atoms with Gasteiger partial charge in [0.05, 0.1) is 17.6 Å². The molecule has 4 heteroatoms. The zero-order chi connectivity index (χ0) is 32.7. The van der Waals surface area contributed by atoms with Crippen molar-refractivity contribution in [1.82, 2.24) is 0 Å².